The Bertz CT molecular complexity index is 1140. The molecule has 1 unspecified atom stereocenters. The van der Waals surface area contributed by atoms with Crippen LogP contribution in [-0.4, -0.2) is 6.36 Å². The quantitative estimate of drug-likeness (QED) is 0.260. The van der Waals surface area contributed by atoms with Gasteiger partial charge < -0.3 is 4.74 Å². The summed E-state index contributed by atoms with van der Waals surface area (Å²) in [7, 11) is 0. The summed E-state index contributed by atoms with van der Waals surface area (Å²) >= 11 is 0. The number of allylic oxidation sites excluding steroid dienone is 3. The van der Waals surface area contributed by atoms with Crippen molar-refractivity contribution >= 4 is 5.57 Å². The highest BCUT2D eigenvalue weighted by atomic mass is 19.4. The van der Waals surface area contributed by atoms with Crippen molar-refractivity contribution < 1.29 is 26.7 Å². The molecule has 2 saturated carbocycles. The first-order valence-electron chi connectivity index (χ1n) is 14.4. The van der Waals surface area contributed by atoms with E-state index in [0.29, 0.717) is 30.8 Å². The normalized spacial score (nSPS) is 28.0. The summed E-state index contributed by atoms with van der Waals surface area (Å²) < 4.78 is 71.8. The van der Waals surface area contributed by atoms with Crippen molar-refractivity contribution in [2.75, 3.05) is 0 Å². The third-order valence-electron chi connectivity index (χ3n) is 9.44. The Kier molecular flexibility index (Phi) is 8.49. The van der Waals surface area contributed by atoms with Gasteiger partial charge in [-0.15, -0.1) is 19.8 Å². The topological polar surface area (TPSA) is 9.23 Å². The zero-order valence-electron chi connectivity index (χ0n) is 22.3. The Labute approximate surface area is 228 Å². The van der Waals surface area contributed by atoms with E-state index in [-0.39, 0.29) is 23.1 Å². The molecule has 1 nitrogen and oxygen atoms in total. The van der Waals surface area contributed by atoms with Crippen LogP contribution < -0.4 is 4.74 Å². The molecule has 0 saturated heterocycles. The molecule has 3 aliphatic carbocycles. The van der Waals surface area contributed by atoms with E-state index in [1.54, 1.807) is 24.3 Å². The van der Waals surface area contributed by atoms with Crippen LogP contribution in [0.15, 0.2) is 55.1 Å². The molecule has 0 aromatic heterocycles. The molecule has 5 rings (SSSR count). The lowest BCUT2D eigenvalue weighted by Crippen LogP contribution is -2.25. The Morgan fingerprint density at radius 2 is 1.33 bits per heavy atom. The van der Waals surface area contributed by atoms with Crippen LogP contribution >= 0.6 is 0 Å². The molecular formula is C33H37F5O. The molecule has 0 N–H and O–H groups in total. The largest absolute Gasteiger partial charge is 0.573 e. The molecule has 0 spiro atoms. The van der Waals surface area contributed by atoms with Gasteiger partial charge in [-0.3, -0.25) is 0 Å². The summed E-state index contributed by atoms with van der Waals surface area (Å²) in [6.45, 7) is 3.95. The fourth-order valence-corrected chi connectivity index (χ4v) is 7.22. The van der Waals surface area contributed by atoms with Gasteiger partial charge in [-0.2, -0.15) is 0 Å². The maximum absolute atomic E-state index is 15.3. The van der Waals surface area contributed by atoms with Gasteiger partial charge in [-0.05, 0) is 141 Å². The molecule has 6 heteroatoms. The lowest BCUT2D eigenvalue weighted by molar-refractivity contribution is -0.274. The summed E-state index contributed by atoms with van der Waals surface area (Å²) in [5.41, 5.74) is 2.40. The van der Waals surface area contributed by atoms with Gasteiger partial charge in [-0.1, -0.05) is 24.3 Å². The van der Waals surface area contributed by atoms with Crippen molar-refractivity contribution in [1.29, 1.82) is 0 Å². The highest BCUT2D eigenvalue weighted by Crippen LogP contribution is 2.45. The minimum absolute atomic E-state index is 0.0683. The second-order valence-corrected chi connectivity index (χ2v) is 11.7. The maximum Gasteiger partial charge on any atom is 0.573 e. The minimum atomic E-state index is -4.72. The van der Waals surface area contributed by atoms with Crippen LogP contribution in [0.4, 0.5) is 22.0 Å². The second kappa shape index (κ2) is 11.9. The maximum atomic E-state index is 15.3. The molecule has 0 amide bonds. The molecule has 210 valence electrons. The molecule has 2 fully saturated rings. The van der Waals surface area contributed by atoms with Gasteiger partial charge in [-0.25, -0.2) is 8.78 Å². The average molecular weight is 545 g/mol. The number of halogens is 5. The number of alkyl halides is 3. The monoisotopic (exact) mass is 544 g/mol. The van der Waals surface area contributed by atoms with Crippen molar-refractivity contribution in [3.05, 3.63) is 83.5 Å². The number of hydrogen-bond donors (Lipinski definition) is 0. The van der Waals surface area contributed by atoms with E-state index in [1.165, 1.54) is 37.8 Å². The van der Waals surface area contributed by atoms with Gasteiger partial charge in [0.15, 0.2) is 0 Å². The first-order chi connectivity index (χ1) is 18.7. The SMILES string of the molecule is C=CC1CCC(C2CCC(c3cc(F)c(C4=CCC(c5ccc(OC(F)(F)F)cc5)CC4)c(F)c3)CC2)CC1. The van der Waals surface area contributed by atoms with Crippen molar-refractivity contribution in [3.8, 4) is 5.75 Å². The van der Waals surface area contributed by atoms with E-state index >= 15 is 8.78 Å². The number of benzene rings is 2. The Morgan fingerprint density at radius 3 is 1.85 bits per heavy atom. The van der Waals surface area contributed by atoms with Gasteiger partial charge >= 0.3 is 6.36 Å². The van der Waals surface area contributed by atoms with Crippen LogP contribution in [0.1, 0.15) is 99.2 Å². The van der Waals surface area contributed by atoms with Crippen molar-refractivity contribution in [2.45, 2.75) is 88.8 Å². The molecule has 1 atom stereocenters. The molecule has 0 radical (unpaired) electrons. The van der Waals surface area contributed by atoms with Gasteiger partial charge in [0.2, 0.25) is 0 Å². The summed E-state index contributed by atoms with van der Waals surface area (Å²) in [4.78, 5) is 0. The molecule has 2 aromatic carbocycles. The summed E-state index contributed by atoms with van der Waals surface area (Å²) in [5, 5.41) is 0. The van der Waals surface area contributed by atoms with Gasteiger partial charge in [0, 0.05) is 5.56 Å². The number of hydrogen-bond acceptors (Lipinski definition) is 1. The molecule has 2 aromatic rings. The van der Waals surface area contributed by atoms with Gasteiger partial charge in [0.05, 0.1) is 0 Å². The smallest absolute Gasteiger partial charge is 0.406 e. The van der Waals surface area contributed by atoms with Crippen LogP contribution in [-0.2, 0) is 0 Å². The molecule has 0 aliphatic heterocycles. The highest BCUT2D eigenvalue weighted by molar-refractivity contribution is 5.68. The third kappa shape index (κ3) is 6.75. The minimum Gasteiger partial charge on any atom is -0.406 e. The Hall–Kier alpha value is -2.63. The van der Waals surface area contributed by atoms with Crippen molar-refractivity contribution in [2.24, 2.45) is 17.8 Å². The van der Waals surface area contributed by atoms with E-state index in [0.717, 1.165) is 48.6 Å². The van der Waals surface area contributed by atoms with Crippen LogP contribution in [0.5, 0.6) is 5.75 Å². The fraction of sp³-hybridized carbons (Fsp3) is 0.515. The van der Waals surface area contributed by atoms with E-state index in [1.807, 2.05) is 6.08 Å². The molecule has 0 heterocycles. The molecule has 0 bridgehead atoms. The first-order valence-corrected chi connectivity index (χ1v) is 14.4. The van der Waals surface area contributed by atoms with Crippen molar-refractivity contribution in [3.63, 3.8) is 0 Å². The standard InChI is InChI=1S/C33H37F5O/c1-2-21-3-5-22(6-4-21)23-7-9-26(10-8-23)28-19-30(34)32(31(35)20-28)27-13-11-24(12-14-27)25-15-17-29(18-16-25)39-33(36,37)38/h2,13,15-24,26H,1,3-12,14H2. The predicted molar refractivity (Wildman–Crippen MR) is 144 cm³/mol. The fourth-order valence-electron chi connectivity index (χ4n) is 7.22. The van der Waals surface area contributed by atoms with E-state index in [2.05, 4.69) is 17.4 Å². The van der Waals surface area contributed by atoms with E-state index in [4.69, 9.17) is 0 Å². The summed E-state index contributed by atoms with van der Waals surface area (Å²) in [6.07, 6.45) is 10.3. The first kappa shape index (κ1) is 27.9. The summed E-state index contributed by atoms with van der Waals surface area (Å²) in [5.74, 6) is 1.23. The van der Waals surface area contributed by atoms with Crippen LogP contribution in [0, 0.1) is 29.4 Å². The van der Waals surface area contributed by atoms with Crippen LogP contribution in [0.25, 0.3) is 5.57 Å². The molecule has 39 heavy (non-hydrogen) atoms. The predicted octanol–water partition coefficient (Wildman–Crippen LogP) is 10.5. The summed E-state index contributed by atoms with van der Waals surface area (Å²) in [6, 6.07) is 8.96. The number of ether oxygens (including phenoxy) is 1. The van der Waals surface area contributed by atoms with E-state index in [9.17, 15) is 13.2 Å². The zero-order valence-corrected chi connectivity index (χ0v) is 22.3. The Balaban J connectivity index is 1.19. The van der Waals surface area contributed by atoms with Gasteiger partial charge in [0.25, 0.3) is 0 Å². The van der Waals surface area contributed by atoms with Gasteiger partial charge in [0.1, 0.15) is 17.4 Å². The molecule has 3 aliphatic rings. The zero-order chi connectivity index (χ0) is 27.6. The van der Waals surface area contributed by atoms with Crippen LogP contribution in [0.2, 0.25) is 0 Å². The lowest BCUT2D eigenvalue weighted by atomic mass is 9.68. The van der Waals surface area contributed by atoms with E-state index < -0.39 is 18.0 Å². The lowest BCUT2D eigenvalue weighted by Gasteiger charge is -2.37. The highest BCUT2D eigenvalue weighted by Gasteiger charge is 2.32. The average Bonchev–Trinajstić information content (AvgIpc) is 2.93. The molecular weight excluding hydrogens is 507 g/mol. The van der Waals surface area contributed by atoms with Crippen LogP contribution in [0.3, 0.4) is 0 Å². The third-order valence-corrected chi connectivity index (χ3v) is 9.44. The Morgan fingerprint density at radius 1 is 0.744 bits per heavy atom. The number of rotatable bonds is 6. The van der Waals surface area contributed by atoms with Crippen molar-refractivity contribution in [1.82, 2.24) is 0 Å². The second-order valence-electron chi connectivity index (χ2n) is 11.7.